The summed E-state index contributed by atoms with van der Waals surface area (Å²) in [5.41, 5.74) is 0. The third kappa shape index (κ3) is 4.15. The lowest BCUT2D eigenvalue weighted by Gasteiger charge is -2.02. The standard InChI is InChI=1S/C8H14O2/c1-4-7-9-10-8(5-2)6-3/h5-6H,2,4,7H2,1,3H3/b8-6+. The minimum atomic E-state index is 0.616. The van der Waals surface area contributed by atoms with Crippen molar-refractivity contribution in [3.8, 4) is 0 Å². The summed E-state index contributed by atoms with van der Waals surface area (Å²) in [5.74, 6) is 0.661. The second-order valence-electron chi connectivity index (χ2n) is 1.80. The Hall–Kier alpha value is -0.760. The molecule has 0 aliphatic carbocycles. The molecule has 0 aromatic rings. The van der Waals surface area contributed by atoms with Gasteiger partial charge < -0.3 is 4.89 Å². The molecule has 0 rings (SSSR count). The molecule has 10 heavy (non-hydrogen) atoms. The molecule has 0 unspecified atom stereocenters. The molecule has 0 aromatic carbocycles. The van der Waals surface area contributed by atoms with Gasteiger partial charge in [-0.05, 0) is 25.5 Å². The Morgan fingerprint density at radius 2 is 2.30 bits per heavy atom. The molecule has 0 bridgehead atoms. The van der Waals surface area contributed by atoms with Gasteiger partial charge in [-0.15, -0.1) is 0 Å². The Bertz CT molecular complexity index is 116. The molecule has 0 amide bonds. The van der Waals surface area contributed by atoms with Crippen LogP contribution in [0.2, 0.25) is 0 Å². The number of hydrogen-bond donors (Lipinski definition) is 0. The normalized spacial score (nSPS) is 11.2. The average molecular weight is 142 g/mol. The van der Waals surface area contributed by atoms with Gasteiger partial charge in [0.25, 0.3) is 0 Å². The van der Waals surface area contributed by atoms with E-state index in [-0.39, 0.29) is 0 Å². The SMILES string of the molecule is C=C/C(=C\C)OOCCC. The highest BCUT2D eigenvalue weighted by atomic mass is 17.2. The van der Waals surface area contributed by atoms with Gasteiger partial charge in [0.2, 0.25) is 0 Å². The first-order chi connectivity index (χ1) is 4.85. The molecule has 0 saturated heterocycles. The summed E-state index contributed by atoms with van der Waals surface area (Å²) in [4.78, 5) is 9.61. The predicted octanol–water partition coefficient (Wildman–Crippen LogP) is 2.43. The van der Waals surface area contributed by atoms with E-state index in [1.165, 1.54) is 0 Å². The summed E-state index contributed by atoms with van der Waals surface area (Å²) in [5, 5.41) is 0. The zero-order chi connectivity index (χ0) is 7.82. The minimum Gasteiger partial charge on any atom is -0.338 e. The van der Waals surface area contributed by atoms with Crippen LogP contribution in [0, 0.1) is 0 Å². The van der Waals surface area contributed by atoms with E-state index in [0.29, 0.717) is 12.4 Å². The summed E-state index contributed by atoms with van der Waals surface area (Å²) < 4.78 is 0. The van der Waals surface area contributed by atoms with Gasteiger partial charge in [0, 0.05) is 0 Å². The van der Waals surface area contributed by atoms with E-state index in [4.69, 9.17) is 9.78 Å². The van der Waals surface area contributed by atoms with Gasteiger partial charge in [0.05, 0.1) is 6.61 Å². The van der Waals surface area contributed by atoms with Crippen molar-refractivity contribution in [1.29, 1.82) is 0 Å². The van der Waals surface area contributed by atoms with Gasteiger partial charge in [0.1, 0.15) is 0 Å². The van der Waals surface area contributed by atoms with Gasteiger partial charge in [-0.2, -0.15) is 4.89 Å². The first-order valence-electron chi connectivity index (χ1n) is 3.43. The Morgan fingerprint density at radius 3 is 2.70 bits per heavy atom. The maximum atomic E-state index is 4.82. The molecule has 58 valence electrons. The monoisotopic (exact) mass is 142 g/mol. The van der Waals surface area contributed by atoms with Gasteiger partial charge in [-0.3, -0.25) is 0 Å². The molecule has 2 nitrogen and oxygen atoms in total. The lowest BCUT2D eigenvalue weighted by Crippen LogP contribution is -1.93. The lowest BCUT2D eigenvalue weighted by atomic mass is 10.5. The van der Waals surface area contributed by atoms with Crippen molar-refractivity contribution in [2.75, 3.05) is 6.61 Å². The van der Waals surface area contributed by atoms with E-state index < -0.39 is 0 Å². The van der Waals surface area contributed by atoms with E-state index in [0.717, 1.165) is 6.42 Å². The van der Waals surface area contributed by atoms with E-state index in [2.05, 4.69) is 6.58 Å². The van der Waals surface area contributed by atoms with Crippen LogP contribution in [-0.2, 0) is 9.78 Å². The van der Waals surface area contributed by atoms with Crippen LogP contribution in [0.1, 0.15) is 20.3 Å². The Balaban J connectivity index is 3.36. The second kappa shape index (κ2) is 6.36. The summed E-state index contributed by atoms with van der Waals surface area (Å²) >= 11 is 0. The fourth-order valence-electron chi connectivity index (χ4n) is 0.393. The molecule has 0 atom stereocenters. The van der Waals surface area contributed by atoms with Crippen LogP contribution in [0.5, 0.6) is 0 Å². The zero-order valence-electron chi connectivity index (χ0n) is 6.59. The quantitative estimate of drug-likeness (QED) is 0.193. The molecule has 0 saturated carbocycles. The van der Waals surface area contributed by atoms with Crippen molar-refractivity contribution in [2.24, 2.45) is 0 Å². The second-order valence-corrected chi connectivity index (χ2v) is 1.80. The smallest absolute Gasteiger partial charge is 0.160 e. The number of allylic oxidation sites excluding steroid dienone is 2. The van der Waals surface area contributed by atoms with Crippen LogP contribution < -0.4 is 0 Å². The van der Waals surface area contributed by atoms with Crippen molar-refractivity contribution >= 4 is 0 Å². The maximum Gasteiger partial charge on any atom is 0.160 e. The molecular formula is C8H14O2. The summed E-state index contributed by atoms with van der Waals surface area (Å²) in [6.07, 6.45) is 4.35. The predicted molar refractivity (Wildman–Crippen MR) is 41.3 cm³/mol. The highest BCUT2D eigenvalue weighted by molar-refractivity contribution is 5.05. The molecule has 0 heterocycles. The van der Waals surface area contributed by atoms with Crippen molar-refractivity contribution in [3.05, 3.63) is 24.5 Å². The molecule has 0 aliphatic heterocycles. The van der Waals surface area contributed by atoms with Crippen molar-refractivity contribution in [1.82, 2.24) is 0 Å². The van der Waals surface area contributed by atoms with Crippen LogP contribution in [0.15, 0.2) is 24.5 Å². The molecule has 0 radical (unpaired) electrons. The first-order valence-corrected chi connectivity index (χ1v) is 3.43. The van der Waals surface area contributed by atoms with E-state index in [1.807, 2.05) is 13.8 Å². The van der Waals surface area contributed by atoms with Crippen molar-refractivity contribution in [3.63, 3.8) is 0 Å². The van der Waals surface area contributed by atoms with Gasteiger partial charge in [-0.25, -0.2) is 0 Å². The van der Waals surface area contributed by atoms with Crippen LogP contribution in [0.4, 0.5) is 0 Å². The third-order valence-corrected chi connectivity index (χ3v) is 0.928. The number of hydrogen-bond acceptors (Lipinski definition) is 2. The molecule has 0 aliphatic rings. The molecule has 0 spiro atoms. The molecule has 0 fully saturated rings. The van der Waals surface area contributed by atoms with E-state index in [9.17, 15) is 0 Å². The topological polar surface area (TPSA) is 18.5 Å². The Kier molecular flexibility index (Phi) is 5.88. The lowest BCUT2D eigenvalue weighted by molar-refractivity contribution is -0.257. The largest absolute Gasteiger partial charge is 0.338 e. The summed E-state index contributed by atoms with van der Waals surface area (Å²) in [7, 11) is 0. The van der Waals surface area contributed by atoms with E-state index >= 15 is 0 Å². The fraction of sp³-hybridized carbons (Fsp3) is 0.500. The Labute approximate surface area is 62.1 Å². The third-order valence-electron chi connectivity index (χ3n) is 0.928. The van der Waals surface area contributed by atoms with Gasteiger partial charge in [-0.1, -0.05) is 13.5 Å². The van der Waals surface area contributed by atoms with Crippen LogP contribution in [-0.4, -0.2) is 6.61 Å². The summed E-state index contributed by atoms with van der Waals surface area (Å²) in [6.45, 7) is 8.04. The van der Waals surface area contributed by atoms with Crippen LogP contribution >= 0.6 is 0 Å². The van der Waals surface area contributed by atoms with Gasteiger partial charge in [0.15, 0.2) is 5.76 Å². The van der Waals surface area contributed by atoms with Crippen molar-refractivity contribution in [2.45, 2.75) is 20.3 Å². The molecular weight excluding hydrogens is 128 g/mol. The minimum absolute atomic E-state index is 0.616. The van der Waals surface area contributed by atoms with E-state index in [1.54, 1.807) is 12.2 Å². The Morgan fingerprint density at radius 1 is 1.60 bits per heavy atom. The van der Waals surface area contributed by atoms with Crippen molar-refractivity contribution < 1.29 is 9.78 Å². The zero-order valence-corrected chi connectivity index (χ0v) is 6.59. The highest BCUT2D eigenvalue weighted by Crippen LogP contribution is 1.98. The maximum absolute atomic E-state index is 4.82. The molecule has 2 heteroatoms. The number of rotatable bonds is 5. The first kappa shape index (κ1) is 9.24. The highest BCUT2D eigenvalue weighted by Gasteiger charge is 1.88. The average Bonchev–Trinajstić information content (AvgIpc) is 1.99. The summed E-state index contributed by atoms with van der Waals surface area (Å²) in [6, 6.07) is 0. The van der Waals surface area contributed by atoms with Gasteiger partial charge >= 0.3 is 0 Å². The van der Waals surface area contributed by atoms with Crippen LogP contribution in [0.25, 0.3) is 0 Å². The molecule has 0 N–H and O–H groups in total. The van der Waals surface area contributed by atoms with Crippen LogP contribution in [0.3, 0.4) is 0 Å². The molecule has 0 aromatic heterocycles. The fourth-order valence-corrected chi connectivity index (χ4v) is 0.393.